The Morgan fingerprint density at radius 1 is 1.29 bits per heavy atom. The van der Waals surface area contributed by atoms with E-state index in [9.17, 15) is 4.79 Å². The molecule has 0 aliphatic rings. The van der Waals surface area contributed by atoms with Gasteiger partial charge in [0.25, 0.3) is 0 Å². The summed E-state index contributed by atoms with van der Waals surface area (Å²) in [6.07, 6.45) is 3.70. The molecule has 6 nitrogen and oxygen atoms in total. The summed E-state index contributed by atoms with van der Waals surface area (Å²) in [5, 5.41) is 25.1. The number of hydroxylamine groups is 3. The third-order valence-corrected chi connectivity index (χ3v) is 0.991. The van der Waals surface area contributed by atoms with Gasteiger partial charge < -0.3 is 12.4 Å². The third-order valence-electron chi connectivity index (χ3n) is 0.991. The highest BCUT2D eigenvalue weighted by Gasteiger charge is 2.37. The number of nitriles is 3. The first-order valence-corrected chi connectivity index (χ1v) is 3.04. The van der Waals surface area contributed by atoms with Crippen LogP contribution in [0.1, 0.15) is 6.92 Å². The van der Waals surface area contributed by atoms with Crippen LogP contribution < -0.4 is 12.4 Å². The zero-order valence-corrected chi connectivity index (χ0v) is 7.95. The minimum Gasteiger partial charge on any atom is -1.00 e. The molecule has 0 amide bonds. The van der Waals surface area contributed by atoms with Crippen molar-refractivity contribution in [3.8, 4) is 18.6 Å². The molecule has 0 aromatic heterocycles. The minimum atomic E-state index is -1.70. The number of carbonyl (C=O) groups excluding carboxylic acids is 1. The molecule has 0 fully saturated rings. The fourth-order valence-electron chi connectivity index (χ4n) is 0.331. The standard InChI is InChI=1S/C7H5N4O2.ClH/c1-6(2)7(12)13-11(3-8,4-9)5-10;/h1H2,2H3;1H/q+1;/p-1. The SMILES string of the molecule is C=C(C)C(=O)O[N+](C#N)(C#N)C#N.[Cl-]. The first kappa shape index (κ1) is 14.5. The zero-order chi connectivity index (χ0) is 10.5. The highest BCUT2D eigenvalue weighted by molar-refractivity contribution is 5.86. The summed E-state index contributed by atoms with van der Waals surface area (Å²) in [6, 6.07) is 0. The summed E-state index contributed by atoms with van der Waals surface area (Å²) in [4.78, 5) is 15.1. The highest BCUT2D eigenvalue weighted by atomic mass is 35.5. The van der Waals surface area contributed by atoms with Crippen molar-refractivity contribution in [1.82, 2.24) is 0 Å². The number of carbonyl (C=O) groups is 1. The van der Waals surface area contributed by atoms with Crippen LogP contribution in [0.25, 0.3) is 0 Å². The zero-order valence-electron chi connectivity index (χ0n) is 7.19. The molecule has 0 spiro atoms. The van der Waals surface area contributed by atoms with Gasteiger partial charge in [-0.25, -0.2) is 9.63 Å². The second-order valence-corrected chi connectivity index (χ2v) is 2.07. The predicted octanol–water partition coefficient (Wildman–Crippen LogP) is -2.72. The van der Waals surface area contributed by atoms with E-state index in [1.54, 1.807) is 0 Å². The molecule has 0 atom stereocenters. The van der Waals surface area contributed by atoms with Crippen molar-refractivity contribution in [3.63, 3.8) is 0 Å². The summed E-state index contributed by atoms with van der Waals surface area (Å²) in [5.41, 5.74) is 0.00301. The summed E-state index contributed by atoms with van der Waals surface area (Å²) in [5.74, 6) is -0.968. The van der Waals surface area contributed by atoms with E-state index in [4.69, 9.17) is 15.8 Å². The van der Waals surface area contributed by atoms with Gasteiger partial charge in [-0.15, -0.1) is 15.8 Å². The van der Waals surface area contributed by atoms with Gasteiger partial charge in [-0.2, -0.15) is 0 Å². The van der Waals surface area contributed by atoms with Crippen LogP contribution in [0.2, 0.25) is 0 Å². The molecular weight excluding hydrogens is 208 g/mol. The first-order valence-electron chi connectivity index (χ1n) is 3.04. The van der Waals surface area contributed by atoms with E-state index < -0.39 is 10.6 Å². The van der Waals surface area contributed by atoms with Crippen molar-refractivity contribution < 1.29 is 26.7 Å². The quantitative estimate of drug-likeness (QED) is 0.214. The second-order valence-electron chi connectivity index (χ2n) is 2.07. The van der Waals surface area contributed by atoms with Gasteiger partial charge in [-0.1, -0.05) is 6.58 Å². The Kier molecular flexibility index (Phi) is 5.73. The number of nitrogens with zero attached hydrogens (tertiary/aromatic N) is 4. The van der Waals surface area contributed by atoms with Crippen LogP contribution in [0, 0.1) is 34.4 Å². The molecule has 72 valence electrons. The molecule has 0 aromatic rings. The van der Waals surface area contributed by atoms with Crippen molar-refractivity contribution in [2.75, 3.05) is 0 Å². The van der Waals surface area contributed by atoms with Crippen molar-refractivity contribution in [1.29, 1.82) is 15.8 Å². The lowest BCUT2D eigenvalue weighted by atomic mass is 10.4. The maximum absolute atomic E-state index is 10.8. The smallest absolute Gasteiger partial charge is 0.397 e. The van der Waals surface area contributed by atoms with Crippen LogP contribution in [-0.4, -0.2) is 10.6 Å². The Morgan fingerprint density at radius 3 is 1.86 bits per heavy atom. The average Bonchev–Trinajstić information content (AvgIpc) is 2.14. The molecule has 14 heavy (non-hydrogen) atoms. The van der Waals surface area contributed by atoms with Crippen LogP contribution in [0.3, 0.4) is 0 Å². The average molecular weight is 213 g/mol. The molecular formula is C7H5ClN4O2. The van der Waals surface area contributed by atoms with E-state index in [2.05, 4.69) is 11.4 Å². The van der Waals surface area contributed by atoms with Gasteiger partial charge in [-0.05, 0) is 6.92 Å². The molecule has 0 unspecified atom stereocenters. The van der Waals surface area contributed by atoms with E-state index >= 15 is 0 Å². The van der Waals surface area contributed by atoms with Gasteiger partial charge >= 0.3 is 24.5 Å². The van der Waals surface area contributed by atoms with Crippen molar-refractivity contribution in [2.24, 2.45) is 0 Å². The fourth-order valence-corrected chi connectivity index (χ4v) is 0.331. The van der Waals surface area contributed by atoms with E-state index in [1.165, 1.54) is 25.5 Å². The number of hydrogen-bond acceptors (Lipinski definition) is 5. The van der Waals surface area contributed by atoms with Crippen LogP contribution >= 0.6 is 0 Å². The first-order chi connectivity index (χ1) is 6.01. The molecule has 0 rings (SSSR count). The Bertz CT molecular complexity index is 335. The molecule has 0 N–H and O–H groups in total. The third kappa shape index (κ3) is 3.12. The summed E-state index contributed by atoms with van der Waals surface area (Å²) in [7, 11) is 0. The van der Waals surface area contributed by atoms with Crippen molar-refractivity contribution >= 4 is 5.97 Å². The molecule has 0 saturated carbocycles. The Hall–Kier alpha value is -2.07. The van der Waals surface area contributed by atoms with Crippen molar-refractivity contribution in [3.05, 3.63) is 12.2 Å². The normalized spacial score (nSPS) is 8.14. The number of hydrogen-bond donors (Lipinski definition) is 0. The number of quaternary nitrogens is 1. The molecule has 0 aromatic carbocycles. The van der Waals surface area contributed by atoms with Crippen LogP contribution in [0.5, 0.6) is 0 Å². The predicted molar refractivity (Wildman–Crippen MR) is 38.0 cm³/mol. The topological polar surface area (TPSA) is 97.7 Å². The van der Waals surface area contributed by atoms with Gasteiger partial charge in [0.15, 0.2) is 4.65 Å². The maximum Gasteiger partial charge on any atom is 0.397 e. The summed E-state index contributed by atoms with van der Waals surface area (Å²) in [6.45, 7) is 4.57. The van der Waals surface area contributed by atoms with Crippen LogP contribution in [0.4, 0.5) is 0 Å². The lowest BCUT2D eigenvalue weighted by molar-refractivity contribution is -0.928. The van der Waals surface area contributed by atoms with Crippen LogP contribution in [-0.2, 0) is 9.63 Å². The molecule has 0 heterocycles. The highest BCUT2D eigenvalue weighted by Crippen LogP contribution is 2.05. The van der Waals surface area contributed by atoms with E-state index in [0.717, 1.165) is 0 Å². The van der Waals surface area contributed by atoms with Crippen molar-refractivity contribution in [2.45, 2.75) is 6.92 Å². The molecule has 0 aliphatic carbocycles. The van der Waals surface area contributed by atoms with E-state index in [0.29, 0.717) is 0 Å². The molecule has 0 bridgehead atoms. The van der Waals surface area contributed by atoms with Crippen LogP contribution in [0.15, 0.2) is 12.2 Å². The van der Waals surface area contributed by atoms with Gasteiger partial charge in [0, 0.05) is 5.57 Å². The maximum atomic E-state index is 10.8. The second kappa shape index (κ2) is 5.55. The minimum absolute atomic E-state index is 0. The summed E-state index contributed by atoms with van der Waals surface area (Å²) < 4.78 is -1.70. The van der Waals surface area contributed by atoms with E-state index in [-0.39, 0.29) is 18.0 Å². The lowest BCUT2D eigenvalue weighted by Gasteiger charge is -2.05. The largest absolute Gasteiger partial charge is 1.00 e. The van der Waals surface area contributed by atoms with Gasteiger partial charge in [0.1, 0.15) is 0 Å². The number of rotatable bonds is 2. The Labute approximate surface area is 86.8 Å². The Morgan fingerprint density at radius 2 is 1.64 bits per heavy atom. The van der Waals surface area contributed by atoms with Gasteiger partial charge in [0.2, 0.25) is 0 Å². The molecule has 7 heteroatoms. The van der Waals surface area contributed by atoms with Gasteiger partial charge in [-0.3, -0.25) is 0 Å². The lowest BCUT2D eigenvalue weighted by Crippen LogP contribution is -3.00. The molecule has 0 aliphatic heterocycles. The fraction of sp³-hybridized carbons (Fsp3) is 0.143. The number of halogens is 1. The van der Waals surface area contributed by atoms with E-state index in [1.807, 2.05) is 0 Å². The Balaban J connectivity index is 0. The molecule has 0 radical (unpaired) electrons. The van der Waals surface area contributed by atoms with Gasteiger partial charge in [0.05, 0.1) is 0 Å². The monoisotopic (exact) mass is 212 g/mol. The summed E-state index contributed by atoms with van der Waals surface area (Å²) >= 11 is 0. The molecule has 0 saturated heterocycles.